The second kappa shape index (κ2) is 38.4. The normalized spacial score (nSPS) is 26.7. The molecule has 522 valence electrons. The second-order valence-corrected chi connectivity index (χ2v) is 28.7. The van der Waals surface area contributed by atoms with Crippen molar-refractivity contribution in [2.24, 2.45) is 41.4 Å². The van der Waals surface area contributed by atoms with Gasteiger partial charge in [0.2, 0.25) is 59.1 Å². The fourth-order valence-corrected chi connectivity index (χ4v) is 12.8. The molecule has 1 heterocycles. The number of carbonyl (C=O) groups is 11. The molecule has 1 fully saturated rings. The molecular formula is C66H120N12O12S. The largest absolute Gasteiger partial charge is 0.390 e. The number of likely N-dealkylation sites (N-methyl/N-ethyl adjacent to an activating group) is 7. The molecule has 1 rings (SSSR count). The van der Waals surface area contributed by atoms with Crippen LogP contribution in [-0.2, 0) is 52.7 Å². The Kier molecular flexibility index (Phi) is 35.1. The van der Waals surface area contributed by atoms with E-state index < -0.39 is 155 Å². The Labute approximate surface area is 550 Å². The molecule has 0 aromatic heterocycles. The van der Waals surface area contributed by atoms with E-state index in [1.807, 2.05) is 75.3 Å². The van der Waals surface area contributed by atoms with Gasteiger partial charge in [0.15, 0.2) is 4.87 Å². The zero-order valence-electron chi connectivity index (χ0n) is 60.0. The Balaban J connectivity index is 4.55. The quantitative estimate of drug-likeness (QED) is 0.0744. The molecule has 0 aromatic carbocycles. The van der Waals surface area contributed by atoms with E-state index in [1.165, 1.54) is 99.4 Å². The summed E-state index contributed by atoms with van der Waals surface area (Å²) in [6, 6.07) is -11.3. The minimum atomic E-state index is -1.81. The highest BCUT2D eigenvalue weighted by Crippen LogP contribution is 2.40. The van der Waals surface area contributed by atoms with Crippen LogP contribution in [0.4, 0.5) is 0 Å². The molecule has 1 saturated heterocycles. The zero-order valence-corrected chi connectivity index (χ0v) is 60.8. The molecule has 91 heavy (non-hydrogen) atoms. The third-order valence-corrected chi connectivity index (χ3v) is 18.9. The average Bonchev–Trinajstić information content (AvgIpc) is 0.773. The topological polar surface area (TPSA) is 291 Å². The van der Waals surface area contributed by atoms with E-state index in [4.69, 9.17) is 0 Å². The van der Waals surface area contributed by atoms with Gasteiger partial charge in [0.05, 0.1) is 12.6 Å². The lowest BCUT2D eigenvalue weighted by Crippen LogP contribution is -2.68. The maximum atomic E-state index is 16.1. The standard InChI is InChI=1S/C66H120N12O12S/c1-26-29-30-44(16)55(80)54-59(84)70-47(27-2)61(86)72(19)37-52(79)73(20)48(33-38(4)5)58(83)71-53(42(12)13)64(89)74(21)49(34-39(6)7)57(82)68-45(17)56(81)69-46(18)60(85)75(22)50(35-40(8)9)62(87)76(23)51(36-41(10)11)63(88)78(25)66(43(14)15,65(90)77(54)24)91-32-31-67-28-3/h26,29,38-51,53-55,67,80H,27-28,30-37H2,1-25H3,(H,68,82)(H,69,81)(H,70,84)(H,71,83)/b29-26+/t44-,45+,46-,47+,48+,49+,50+,51+,53+,54+,55-,66+/m1/s1. The number of hydrogen-bond acceptors (Lipinski definition) is 14. The molecule has 1 aliphatic rings. The SMILES string of the molecule is C/C=C/C[C@@H](C)[C@@H](O)[C@H]1C(=O)N[C@@H](CC)C(=O)N(C)CC(=O)N(C)[C@@H](CC(C)C)C(=O)N[C@@H](C(C)C)C(=O)N(C)[C@@H](CC(C)C)C(=O)N[C@@H](C)C(=O)N[C@H](C)C(=O)N(C)[C@@H](CC(C)C)C(=O)N(C)[C@@H](CC(C)C)C(=O)N(C)[C@](SCCNCC)(C(C)C)C(=O)N1C. The summed E-state index contributed by atoms with van der Waals surface area (Å²) in [5, 5.41) is 26.8. The number of amides is 11. The predicted octanol–water partition coefficient (Wildman–Crippen LogP) is 3.94. The van der Waals surface area contributed by atoms with Crippen LogP contribution >= 0.6 is 11.8 Å². The van der Waals surface area contributed by atoms with E-state index in [1.54, 1.807) is 47.6 Å². The van der Waals surface area contributed by atoms with Crippen LogP contribution in [0.25, 0.3) is 0 Å². The van der Waals surface area contributed by atoms with Gasteiger partial charge in [-0.2, -0.15) is 0 Å². The van der Waals surface area contributed by atoms with Gasteiger partial charge in [0.25, 0.3) is 5.91 Å². The summed E-state index contributed by atoms with van der Waals surface area (Å²) >= 11 is 1.17. The zero-order chi connectivity index (χ0) is 70.4. The van der Waals surface area contributed by atoms with Gasteiger partial charge in [-0.3, -0.25) is 52.7 Å². The highest BCUT2D eigenvalue weighted by atomic mass is 32.2. The Bertz CT molecular complexity index is 2480. The molecular weight excluding hydrogens is 1180 g/mol. The fourth-order valence-electron chi connectivity index (χ4n) is 11.4. The van der Waals surface area contributed by atoms with Crippen LogP contribution in [0.15, 0.2) is 12.2 Å². The third kappa shape index (κ3) is 23.0. The molecule has 11 amide bonds. The molecule has 0 aliphatic carbocycles. The first-order valence-corrected chi connectivity index (χ1v) is 33.8. The summed E-state index contributed by atoms with van der Waals surface area (Å²) in [6.07, 6.45) is 2.96. The van der Waals surface area contributed by atoms with Gasteiger partial charge < -0.3 is 66.0 Å². The molecule has 0 radical (unpaired) electrons. The Morgan fingerprint density at radius 2 is 1.02 bits per heavy atom. The highest BCUT2D eigenvalue weighted by molar-refractivity contribution is 8.01. The van der Waals surface area contributed by atoms with E-state index in [0.29, 0.717) is 19.5 Å². The van der Waals surface area contributed by atoms with Crippen molar-refractivity contribution in [3.63, 3.8) is 0 Å². The molecule has 0 saturated carbocycles. The van der Waals surface area contributed by atoms with Crippen molar-refractivity contribution in [2.45, 2.75) is 229 Å². The molecule has 0 bridgehead atoms. The summed E-state index contributed by atoms with van der Waals surface area (Å²) in [6.45, 7) is 32.5. The van der Waals surface area contributed by atoms with E-state index in [9.17, 15) is 38.7 Å². The van der Waals surface area contributed by atoms with Crippen molar-refractivity contribution in [3.8, 4) is 0 Å². The van der Waals surface area contributed by atoms with Gasteiger partial charge in [-0.05, 0) is 107 Å². The number of nitrogens with one attached hydrogen (secondary N) is 5. The summed E-state index contributed by atoms with van der Waals surface area (Å²) < 4.78 is 0. The Morgan fingerprint density at radius 3 is 1.49 bits per heavy atom. The summed E-state index contributed by atoms with van der Waals surface area (Å²) in [7, 11) is 10.0. The maximum Gasteiger partial charge on any atom is 0.259 e. The van der Waals surface area contributed by atoms with Crippen LogP contribution in [0.3, 0.4) is 0 Å². The van der Waals surface area contributed by atoms with Crippen molar-refractivity contribution in [3.05, 3.63) is 12.2 Å². The monoisotopic (exact) mass is 1300 g/mol. The molecule has 0 aromatic rings. The number of nitrogens with zero attached hydrogens (tertiary/aromatic N) is 7. The third-order valence-electron chi connectivity index (χ3n) is 17.2. The Hall–Kier alpha value is -5.82. The van der Waals surface area contributed by atoms with Crippen LogP contribution in [-0.4, -0.2) is 244 Å². The number of aliphatic hydroxyl groups is 1. The number of allylic oxidation sites excluding steroid dienone is 2. The highest BCUT2D eigenvalue weighted by Gasteiger charge is 2.54. The molecule has 24 nitrogen and oxygen atoms in total. The number of hydrogen-bond donors (Lipinski definition) is 6. The predicted molar refractivity (Wildman–Crippen MR) is 358 cm³/mol. The molecule has 0 spiro atoms. The van der Waals surface area contributed by atoms with Crippen LogP contribution in [0, 0.1) is 41.4 Å². The van der Waals surface area contributed by atoms with Gasteiger partial charge in [0.1, 0.15) is 54.4 Å². The first-order valence-electron chi connectivity index (χ1n) is 32.9. The minimum Gasteiger partial charge on any atom is -0.390 e. The number of aliphatic hydroxyl groups excluding tert-OH is 1. The van der Waals surface area contributed by atoms with Gasteiger partial charge in [-0.25, -0.2) is 0 Å². The fraction of sp³-hybridized carbons (Fsp3) is 0.803. The molecule has 0 unspecified atom stereocenters. The van der Waals surface area contributed by atoms with Crippen molar-refractivity contribution in [1.29, 1.82) is 0 Å². The molecule has 6 N–H and O–H groups in total. The van der Waals surface area contributed by atoms with Crippen LogP contribution in [0.1, 0.15) is 163 Å². The average molecular weight is 1310 g/mol. The molecule has 25 heteroatoms. The van der Waals surface area contributed by atoms with Gasteiger partial charge in [0, 0.05) is 61.6 Å². The van der Waals surface area contributed by atoms with Gasteiger partial charge in [-0.15, -0.1) is 11.8 Å². The van der Waals surface area contributed by atoms with E-state index in [0.717, 1.165) is 9.80 Å². The number of thioether (sulfide) groups is 1. The van der Waals surface area contributed by atoms with Crippen LogP contribution < -0.4 is 26.6 Å². The lowest BCUT2D eigenvalue weighted by molar-refractivity contribution is -0.159. The van der Waals surface area contributed by atoms with E-state index in [-0.39, 0.29) is 61.5 Å². The number of carbonyl (C=O) groups excluding carboxylic acids is 11. The van der Waals surface area contributed by atoms with Crippen molar-refractivity contribution < 1.29 is 57.8 Å². The first-order chi connectivity index (χ1) is 42.1. The lowest BCUT2D eigenvalue weighted by Gasteiger charge is -2.48. The van der Waals surface area contributed by atoms with Crippen LogP contribution in [0.2, 0.25) is 0 Å². The summed E-state index contributed by atoms with van der Waals surface area (Å²) in [5.41, 5.74) is 0. The second-order valence-electron chi connectivity index (χ2n) is 27.4. The molecule has 12 atom stereocenters. The van der Waals surface area contributed by atoms with E-state index in [2.05, 4.69) is 26.6 Å². The van der Waals surface area contributed by atoms with Crippen molar-refractivity contribution in [1.82, 2.24) is 60.9 Å². The van der Waals surface area contributed by atoms with Gasteiger partial charge in [-0.1, -0.05) is 116 Å². The van der Waals surface area contributed by atoms with Crippen molar-refractivity contribution >= 4 is 76.7 Å². The van der Waals surface area contributed by atoms with Gasteiger partial charge >= 0.3 is 0 Å². The summed E-state index contributed by atoms with van der Waals surface area (Å²) in [4.78, 5) is 170. The summed E-state index contributed by atoms with van der Waals surface area (Å²) in [5.74, 6) is -9.66. The number of rotatable bonds is 20. The molecule has 1 aliphatic heterocycles. The van der Waals surface area contributed by atoms with E-state index >= 15 is 19.2 Å². The Morgan fingerprint density at radius 1 is 0.560 bits per heavy atom. The lowest BCUT2D eigenvalue weighted by atomic mass is 9.91. The smallest absolute Gasteiger partial charge is 0.259 e. The van der Waals surface area contributed by atoms with Crippen LogP contribution in [0.5, 0.6) is 0 Å². The maximum absolute atomic E-state index is 16.1. The first kappa shape index (κ1) is 83.2. The minimum absolute atomic E-state index is 0.0106. The van der Waals surface area contributed by atoms with Crippen molar-refractivity contribution in [2.75, 3.05) is 74.7 Å².